The van der Waals surface area contributed by atoms with Gasteiger partial charge in [0.25, 0.3) is 0 Å². The van der Waals surface area contributed by atoms with Crippen molar-refractivity contribution in [2.24, 2.45) is 0 Å². The van der Waals surface area contributed by atoms with Gasteiger partial charge in [0.15, 0.2) is 0 Å². The second-order valence-corrected chi connectivity index (χ2v) is 8.58. The zero-order valence-corrected chi connectivity index (χ0v) is 17.1. The first-order chi connectivity index (χ1) is 11.9. The van der Waals surface area contributed by atoms with Crippen LogP contribution in [0.15, 0.2) is 28.7 Å². The molecule has 2 atom stereocenters. The lowest BCUT2D eigenvalue weighted by Gasteiger charge is -2.20. The lowest BCUT2D eigenvalue weighted by atomic mass is 10.2. The summed E-state index contributed by atoms with van der Waals surface area (Å²) in [6.07, 6.45) is 0.955. The van der Waals surface area contributed by atoms with Crippen molar-refractivity contribution in [1.82, 2.24) is 15.6 Å². The van der Waals surface area contributed by atoms with Gasteiger partial charge in [0.05, 0.1) is 16.7 Å². The lowest BCUT2D eigenvalue weighted by Crippen LogP contribution is -2.44. The predicted octanol–water partition coefficient (Wildman–Crippen LogP) is 4.16. The molecule has 1 aliphatic heterocycles. The van der Waals surface area contributed by atoms with Crippen molar-refractivity contribution in [2.75, 3.05) is 18.0 Å². The molecule has 0 aliphatic carbocycles. The Kier molecular flexibility index (Phi) is 5.64. The second-order valence-electron chi connectivity index (χ2n) is 6.43. The minimum Gasteiger partial charge on any atom is -0.369 e. The zero-order chi connectivity index (χ0) is 18.0. The van der Waals surface area contributed by atoms with E-state index >= 15 is 0 Å². The van der Waals surface area contributed by atoms with Crippen molar-refractivity contribution in [2.45, 2.75) is 39.3 Å². The first-order valence-electron chi connectivity index (χ1n) is 8.44. The Morgan fingerprint density at radius 2 is 2.08 bits per heavy atom. The average Bonchev–Trinajstić information content (AvgIpc) is 3.14. The summed E-state index contributed by atoms with van der Waals surface area (Å²) in [7, 11) is 0. The normalized spacial score (nSPS) is 18.2. The third-order valence-electron chi connectivity index (χ3n) is 4.40. The van der Waals surface area contributed by atoms with E-state index < -0.39 is 0 Å². The highest BCUT2D eigenvalue weighted by molar-refractivity contribution is 9.10. The van der Waals surface area contributed by atoms with Crippen LogP contribution in [-0.2, 0) is 0 Å². The van der Waals surface area contributed by atoms with Gasteiger partial charge in [-0.15, -0.1) is 11.3 Å². The Morgan fingerprint density at radius 3 is 2.72 bits per heavy atom. The summed E-state index contributed by atoms with van der Waals surface area (Å²) in [5.74, 6) is 0. The van der Waals surface area contributed by atoms with E-state index in [9.17, 15) is 4.79 Å². The first-order valence-corrected chi connectivity index (χ1v) is 10.0. The number of carbonyl (C=O) groups excluding carboxylic acids is 1. The van der Waals surface area contributed by atoms with Crippen LogP contribution in [0.25, 0.3) is 0 Å². The molecular formula is C18H23BrN4OS. The van der Waals surface area contributed by atoms with Crippen molar-refractivity contribution in [3.8, 4) is 0 Å². The Labute approximate surface area is 161 Å². The highest BCUT2D eigenvalue weighted by Gasteiger charge is 2.25. The Bertz CT molecular complexity index is 746. The van der Waals surface area contributed by atoms with Crippen LogP contribution in [0.3, 0.4) is 0 Å². The van der Waals surface area contributed by atoms with E-state index in [-0.39, 0.29) is 18.1 Å². The number of benzene rings is 1. The first kappa shape index (κ1) is 18.2. The summed E-state index contributed by atoms with van der Waals surface area (Å²) in [6.45, 7) is 7.77. The molecule has 1 fully saturated rings. The molecule has 1 aromatic heterocycles. The molecule has 1 aliphatic rings. The number of carbonyl (C=O) groups is 1. The number of nitrogens with one attached hydrogen (secondary N) is 2. The number of aryl methyl sites for hydroxylation is 2. The fraction of sp³-hybridized carbons (Fsp3) is 0.444. The van der Waals surface area contributed by atoms with E-state index in [0.717, 1.165) is 39.6 Å². The van der Waals surface area contributed by atoms with E-state index in [0.29, 0.717) is 0 Å². The third kappa shape index (κ3) is 4.52. The maximum Gasteiger partial charge on any atom is 0.315 e. The molecule has 134 valence electrons. The minimum atomic E-state index is -0.111. The second kappa shape index (κ2) is 7.74. The summed E-state index contributed by atoms with van der Waals surface area (Å²) in [4.78, 5) is 20.2. The monoisotopic (exact) mass is 422 g/mol. The Balaban J connectivity index is 1.52. The van der Waals surface area contributed by atoms with Gasteiger partial charge in [-0.05, 0) is 51.5 Å². The number of anilines is 1. The van der Waals surface area contributed by atoms with Crippen molar-refractivity contribution < 1.29 is 4.79 Å². The molecular weight excluding hydrogens is 400 g/mol. The lowest BCUT2D eigenvalue weighted by molar-refractivity contribution is 0.235. The van der Waals surface area contributed by atoms with Crippen LogP contribution < -0.4 is 15.5 Å². The van der Waals surface area contributed by atoms with Crippen LogP contribution in [0.1, 0.15) is 35.0 Å². The van der Waals surface area contributed by atoms with Gasteiger partial charge in [-0.25, -0.2) is 9.78 Å². The maximum absolute atomic E-state index is 12.3. The molecule has 25 heavy (non-hydrogen) atoms. The van der Waals surface area contributed by atoms with E-state index in [4.69, 9.17) is 0 Å². The van der Waals surface area contributed by atoms with Crippen LogP contribution in [0, 0.1) is 13.8 Å². The number of hydrogen-bond acceptors (Lipinski definition) is 4. The number of amides is 2. The van der Waals surface area contributed by atoms with E-state index in [1.165, 1.54) is 5.69 Å². The fourth-order valence-corrected chi connectivity index (χ4v) is 4.40. The summed E-state index contributed by atoms with van der Waals surface area (Å²) in [5.41, 5.74) is 2.19. The van der Waals surface area contributed by atoms with Gasteiger partial charge in [0.2, 0.25) is 0 Å². The van der Waals surface area contributed by atoms with Gasteiger partial charge in [0.1, 0.15) is 0 Å². The molecule has 3 rings (SSSR count). The van der Waals surface area contributed by atoms with Gasteiger partial charge in [-0.3, -0.25) is 0 Å². The van der Waals surface area contributed by atoms with Gasteiger partial charge in [-0.1, -0.05) is 15.9 Å². The number of thiazole rings is 1. The number of nitrogens with zero attached hydrogens (tertiary/aromatic N) is 2. The van der Waals surface area contributed by atoms with Gasteiger partial charge < -0.3 is 15.5 Å². The molecule has 2 unspecified atom stereocenters. The van der Waals surface area contributed by atoms with Crippen LogP contribution in [0.2, 0.25) is 0 Å². The predicted molar refractivity (Wildman–Crippen MR) is 106 cm³/mol. The third-order valence-corrected chi connectivity index (χ3v) is 6.18. The maximum atomic E-state index is 12.3. The molecule has 1 saturated heterocycles. The summed E-state index contributed by atoms with van der Waals surface area (Å²) in [5, 5.41) is 7.17. The number of urea groups is 1. The van der Waals surface area contributed by atoms with Gasteiger partial charge in [0, 0.05) is 34.2 Å². The largest absolute Gasteiger partial charge is 0.369 e. The molecule has 7 heteroatoms. The molecule has 0 spiro atoms. The summed E-state index contributed by atoms with van der Waals surface area (Å²) in [6, 6.07) is 8.32. The van der Waals surface area contributed by atoms with Crippen LogP contribution in [-0.4, -0.2) is 30.1 Å². The minimum absolute atomic E-state index is 0.0322. The molecule has 1 aromatic carbocycles. The van der Waals surface area contributed by atoms with Crippen LogP contribution >= 0.6 is 27.3 Å². The fourth-order valence-electron chi connectivity index (χ4n) is 3.20. The molecule has 2 amide bonds. The quantitative estimate of drug-likeness (QED) is 0.777. The SMILES string of the molecule is Cc1nc(C)c(C(C)NC(=O)NC2CCN(c3ccc(Br)cc3)C2)s1. The van der Waals surface area contributed by atoms with Crippen LogP contribution in [0.5, 0.6) is 0 Å². The molecule has 2 heterocycles. The standard InChI is InChI=1S/C18H23BrN4OS/c1-11-17(25-13(3)20-11)12(2)21-18(24)22-15-8-9-23(10-15)16-6-4-14(19)5-7-16/h4-7,12,15H,8-10H2,1-3H3,(H2,21,22,24). The van der Waals surface area contributed by atoms with Crippen molar-refractivity contribution in [3.05, 3.63) is 44.3 Å². The molecule has 2 aromatic rings. The van der Waals surface area contributed by atoms with Crippen molar-refractivity contribution in [3.63, 3.8) is 0 Å². The van der Waals surface area contributed by atoms with E-state index in [1.54, 1.807) is 11.3 Å². The highest BCUT2D eigenvalue weighted by Crippen LogP contribution is 2.25. The topological polar surface area (TPSA) is 57.3 Å². The average molecular weight is 423 g/mol. The summed E-state index contributed by atoms with van der Waals surface area (Å²) < 4.78 is 1.08. The van der Waals surface area contributed by atoms with Crippen molar-refractivity contribution in [1.29, 1.82) is 0 Å². The zero-order valence-electron chi connectivity index (χ0n) is 14.7. The summed E-state index contributed by atoms with van der Waals surface area (Å²) >= 11 is 5.10. The van der Waals surface area contributed by atoms with Crippen molar-refractivity contribution >= 4 is 39.0 Å². The molecule has 0 bridgehead atoms. The van der Waals surface area contributed by atoms with E-state index in [1.807, 2.05) is 32.9 Å². The number of hydrogen-bond donors (Lipinski definition) is 2. The molecule has 0 saturated carbocycles. The number of halogens is 1. The molecule has 2 N–H and O–H groups in total. The Morgan fingerprint density at radius 1 is 1.36 bits per heavy atom. The van der Waals surface area contributed by atoms with Gasteiger partial charge >= 0.3 is 6.03 Å². The van der Waals surface area contributed by atoms with Crippen LogP contribution in [0.4, 0.5) is 10.5 Å². The number of aromatic nitrogens is 1. The Hall–Kier alpha value is -1.60. The smallest absolute Gasteiger partial charge is 0.315 e. The van der Waals surface area contributed by atoms with Gasteiger partial charge in [-0.2, -0.15) is 0 Å². The number of rotatable bonds is 4. The molecule has 5 nitrogen and oxygen atoms in total. The van der Waals surface area contributed by atoms with E-state index in [2.05, 4.69) is 48.6 Å². The highest BCUT2D eigenvalue weighted by atomic mass is 79.9. The molecule has 0 radical (unpaired) electrons.